The van der Waals surface area contributed by atoms with Crippen molar-refractivity contribution in [1.82, 2.24) is 19.6 Å². The third kappa shape index (κ3) is 3.51. The predicted molar refractivity (Wildman–Crippen MR) is 119 cm³/mol. The number of rotatable bonds is 5. The van der Waals surface area contributed by atoms with Crippen LogP contribution >= 0.6 is 0 Å². The topological polar surface area (TPSA) is 133 Å². The van der Waals surface area contributed by atoms with E-state index in [0.29, 0.717) is 34.7 Å². The van der Waals surface area contributed by atoms with Crippen molar-refractivity contribution in [2.24, 2.45) is 0 Å². The molecule has 1 N–H and O–H groups in total. The van der Waals surface area contributed by atoms with Gasteiger partial charge in [-0.3, -0.25) is 14.4 Å². The Hall–Kier alpha value is -4.73. The highest BCUT2D eigenvalue weighted by Gasteiger charge is 2.29. The molecule has 34 heavy (non-hydrogen) atoms. The summed E-state index contributed by atoms with van der Waals surface area (Å²) in [6.07, 6.45) is 3.15. The summed E-state index contributed by atoms with van der Waals surface area (Å²) < 4.78 is 6.60. The average molecular weight is 455 g/mol. The number of benzene rings is 2. The minimum absolute atomic E-state index is 0.185. The van der Waals surface area contributed by atoms with Crippen LogP contribution in [0.2, 0.25) is 0 Å². The van der Waals surface area contributed by atoms with Gasteiger partial charge in [0, 0.05) is 34.1 Å². The summed E-state index contributed by atoms with van der Waals surface area (Å²) in [7, 11) is 0. The van der Waals surface area contributed by atoms with Gasteiger partial charge in [-0.15, -0.1) is 0 Å². The van der Waals surface area contributed by atoms with E-state index in [0.717, 1.165) is 0 Å². The van der Waals surface area contributed by atoms with Gasteiger partial charge in [0.05, 0.1) is 11.3 Å². The van der Waals surface area contributed by atoms with Crippen molar-refractivity contribution >= 4 is 34.9 Å². The molecular weight excluding hydrogens is 438 g/mol. The first kappa shape index (κ1) is 21.1. The van der Waals surface area contributed by atoms with Gasteiger partial charge in [0.2, 0.25) is 0 Å². The SMILES string of the molecule is CCc1c(C(=O)OCC(=O)Nc2ccc3c(c2)C(=O)c2ccccc2C3=O)cnc2ncnn12. The van der Waals surface area contributed by atoms with Gasteiger partial charge in [0.15, 0.2) is 18.2 Å². The summed E-state index contributed by atoms with van der Waals surface area (Å²) >= 11 is 0. The van der Waals surface area contributed by atoms with Gasteiger partial charge in [-0.05, 0) is 24.6 Å². The summed E-state index contributed by atoms with van der Waals surface area (Å²) in [6.45, 7) is 1.30. The smallest absolute Gasteiger partial charge is 0.342 e. The molecule has 1 aliphatic rings. The van der Waals surface area contributed by atoms with E-state index in [1.54, 1.807) is 24.3 Å². The first-order chi connectivity index (χ1) is 16.5. The number of ether oxygens (including phenoxy) is 1. The number of ketones is 2. The molecule has 0 radical (unpaired) electrons. The molecule has 4 aromatic rings. The van der Waals surface area contributed by atoms with Crippen molar-refractivity contribution in [3.8, 4) is 0 Å². The zero-order chi connectivity index (χ0) is 23.8. The van der Waals surface area contributed by atoms with Crippen LogP contribution in [0.25, 0.3) is 5.78 Å². The lowest BCUT2D eigenvalue weighted by molar-refractivity contribution is -0.119. The van der Waals surface area contributed by atoms with Crippen LogP contribution in [-0.2, 0) is 16.0 Å². The van der Waals surface area contributed by atoms with Crippen molar-refractivity contribution in [3.63, 3.8) is 0 Å². The number of nitrogens with one attached hydrogen (secondary N) is 1. The Balaban J connectivity index is 1.29. The molecule has 10 heteroatoms. The molecule has 168 valence electrons. The number of hydrogen-bond acceptors (Lipinski definition) is 8. The second kappa shape index (κ2) is 8.32. The molecule has 0 saturated carbocycles. The van der Waals surface area contributed by atoms with E-state index in [9.17, 15) is 19.2 Å². The minimum atomic E-state index is -0.722. The fourth-order valence-electron chi connectivity index (χ4n) is 3.92. The van der Waals surface area contributed by atoms with Crippen LogP contribution in [-0.4, -0.2) is 49.6 Å². The summed E-state index contributed by atoms with van der Waals surface area (Å²) in [5.74, 6) is -1.51. The number of fused-ring (bicyclic) bond motifs is 3. The molecule has 1 amide bonds. The Morgan fingerprint density at radius 2 is 1.68 bits per heavy atom. The normalized spacial score (nSPS) is 12.3. The van der Waals surface area contributed by atoms with Crippen LogP contribution in [0, 0.1) is 0 Å². The Labute approximate surface area is 192 Å². The molecule has 0 unspecified atom stereocenters. The summed E-state index contributed by atoms with van der Waals surface area (Å²) in [4.78, 5) is 58.5. The largest absolute Gasteiger partial charge is 0.452 e. The van der Waals surface area contributed by atoms with Crippen molar-refractivity contribution < 1.29 is 23.9 Å². The fourth-order valence-corrected chi connectivity index (χ4v) is 3.92. The third-order valence-corrected chi connectivity index (χ3v) is 5.50. The highest BCUT2D eigenvalue weighted by Crippen LogP contribution is 2.29. The molecule has 0 aliphatic heterocycles. The zero-order valence-corrected chi connectivity index (χ0v) is 17.9. The molecule has 2 aromatic heterocycles. The average Bonchev–Trinajstić information content (AvgIpc) is 3.34. The lowest BCUT2D eigenvalue weighted by Gasteiger charge is -2.18. The maximum Gasteiger partial charge on any atom is 0.342 e. The summed E-state index contributed by atoms with van der Waals surface area (Å²) in [5.41, 5.74) is 2.21. The Kier molecular flexibility index (Phi) is 5.17. The van der Waals surface area contributed by atoms with E-state index in [2.05, 4.69) is 20.4 Å². The lowest BCUT2D eigenvalue weighted by Crippen LogP contribution is -2.24. The van der Waals surface area contributed by atoms with Gasteiger partial charge in [0.25, 0.3) is 11.7 Å². The highest BCUT2D eigenvalue weighted by atomic mass is 16.5. The van der Waals surface area contributed by atoms with E-state index >= 15 is 0 Å². The number of esters is 1. The van der Waals surface area contributed by atoms with E-state index < -0.39 is 18.5 Å². The minimum Gasteiger partial charge on any atom is -0.452 e. The molecule has 0 atom stereocenters. The van der Waals surface area contributed by atoms with E-state index in [1.807, 2.05) is 6.92 Å². The maximum absolute atomic E-state index is 12.8. The third-order valence-electron chi connectivity index (χ3n) is 5.50. The van der Waals surface area contributed by atoms with Gasteiger partial charge in [0.1, 0.15) is 6.33 Å². The van der Waals surface area contributed by atoms with Crippen LogP contribution in [0.4, 0.5) is 5.69 Å². The number of amides is 1. The predicted octanol–water partition coefficient (Wildman–Crippen LogP) is 2.26. The number of carbonyl (C=O) groups is 4. The van der Waals surface area contributed by atoms with Gasteiger partial charge < -0.3 is 10.1 Å². The number of carbonyl (C=O) groups excluding carboxylic acids is 4. The van der Waals surface area contributed by atoms with Gasteiger partial charge >= 0.3 is 5.97 Å². The standard InChI is InChI=1S/C24H17N5O5/c1-2-19-18(10-25-24-26-12-27-29(19)24)23(33)34-11-20(30)28-13-7-8-16-17(9-13)22(32)15-6-4-3-5-14(15)21(16)31/h3-10,12H,2,11H2,1H3,(H,28,30). The summed E-state index contributed by atoms with van der Waals surface area (Å²) in [6, 6.07) is 11.1. The van der Waals surface area contributed by atoms with Crippen LogP contribution in [0.5, 0.6) is 0 Å². The molecular formula is C24H17N5O5. The first-order valence-corrected chi connectivity index (χ1v) is 10.4. The molecule has 0 bridgehead atoms. The highest BCUT2D eigenvalue weighted by molar-refractivity contribution is 6.28. The second-order valence-electron chi connectivity index (χ2n) is 7.53. The fraction of sp³-hybridized carbons (Fsp3) is 0.125. The van der Waals surface area contributed by atoms with Crippen LogP contribution < -0.4 is 5.32 Å². The van der Waals surface area contributed by atoms with Crippen LogP contribution in [0.1, 0.15) is 54.8 Å². The Bertz CT molecular complexity index is 1510. The molecule has 10 nitrogen and oxygen atoms in total. The monoisotopic (exact) mass is 455 g/mol. The molecule has 5 rings (SSSR count). The number of aryl methyl sites for hydroxylation is 1. The number of nitrogens with zero attached hydrogens (tertiary/aromatic N) is 4. The molecule has 0 saturated heterocycles. The van der Waals surface area contributed by atoms with Crippen LogP contribution in [0.3, 0.4) is 0 Å². The Morgan fingerprint density at radius 3 is 2.41 bits per heavy atom. The second-order valence-corrected chi connectivity index (χ2v) is 7.53. The number of aromatic nitrogens is 4. The number of anilines is 1. The molecule has 0 fully saturated rings. The maximum atomic E-state index is 12.8. The van der Waals surface area contributed by atoms with Gasteiger partial charge in [-0.1, -0.05) is 31.2 Å². The van der Waals surface area contributed by atoms with E-state index in [4.69, 9.17) is 4.74 Å². The van der Waals surface area contributed by atoms with Crippen molar-refractivity contribution in [3.05, 3.63) is 88.5 Å². The van der Waals surface area contributed by atoms with Crippen molar-refractivity contribution in [2.75, 3.05) is 11.9 Å². The zero-order valence-electron chi connectivity index (χ0n) is 17.9. The molecule has 1 aliphatic carbocycles. The van der Waals surface area contributed by atoms with Crippen molar-refractivity contribution in [2.45, 2.75) is 13.3 Å². The summed E-state index contributed by atoms with van der Waals surface area (Å²) in [5, 5.41) is 6.64. The van der Waals surface area contributed by atoms with Crippen LogP contribution in [0.15, 0.2) is 55.0 Å². The van der Waals surface area contributed by atoms with Crippen molar-refractivity contribution in [1.29, 1.82) is 0 Å². The van der Waals surface area contributed by atoms with Gasteiger partial charge in [-0.2, -0.15) is 10.1 Å². The lowest BCUT2D eigenvalue weighted by atomic mass is 9.84. The molecule has 0 spiro atoms. The van der Waals surface area contributed by atoms with E-state index in [-0.39, 0.29) is 28.3 Å². The first-order valence-electron chi connectivity index (χ1n) is 10.4. The van der Waals surface area contributed by atoms with E-state index in [1.165, 1.54) is 35.2 Å². The Morgan fingerprint density at radius 1 is 0.971 bits per heavy atom. The molecule has 2 aromatic carbocycles. The quantitative estimate of drug-likeness (QED) is 0.399. The molecule has 2 heterocycles. The number of hydrogen-bond donors (Lipinski definition) is 1. The van der Waals surface area contributed by atoms with Gasteiger partial charge in [-0.25, -0.2) is 14.3 Å².